The maximum atomic E-state index is 13.2. The van der Waals surface area contributed by atoms with Gasteiger partial charge in [-0.3, -0.25) is 9.69 Å². The number of aromatic nitrogens is 2. The van der Waals surface area contributed by atoms with Crippen molar-refractivity contribution in [3.63, 3.8) is 0 Å². The predicted molar refractivity (Wildman–Crippen MR) is 102 cm³/mol. The summed E-state index contributed by atoms with van der Waals surface area (Å²) in [6, 6.07) is 6.09. The summed E-state index contributed by atoms with van der Waals surface area (Å²) < 4.78 is 20.3. The van der Waals surface area contributed by atoms with Gasteiger partial charge >= 0.3 is 0 Å². The van der Waals surface area contributed by atoms with Crippen molar-refractivity contribution in [3.8, 4) is 5.69 Å². The first kappa shape index (κ1) is 19.5. The van der Waals surface area contributed by atoms with E-state index >= 15 is 0 Å². The van der Waals surface area contributed by atoms with Crippen LogP contribution in [-0.4, -0.2) is 59.0 Å². The van der Waals surface area contributed by atoms with Gasteiger partial charge in [-0.05, 0) is 44.5 Å². The van der Waals surface area contributed by atoms with Gasteiger partial charge in [0.2, 0.25) is 0 Å². The molecule has 1 aliphatic rings. The molecule has 0 bridgehead atoms. The smallest absolute Gasteiger partial charge is 0.254 e. The van der Waals surface area contributed by atoms with Crippen LogP contribution in [-0.2, 0) is 11.2 Å². The molecule has 2 aromatic rings. The van der Waals surface area contributed by atoms with Gasteiger partial charge < -0.3 is 10.1 Å². The Morgan fingerprint density at radius 2 is 1.93 bits per heavy atom. The van der Waals surface area contributed by atoms with E-state index in [0.717, 1.165) is 37.7 Å². The molecule has 6 nitrogen and oxygen atoms in total. The number of nitrogens with one attached hydrogen (secondary N) is 1. The van der Waals surface area contributed by atoms with Crippen molar-refractivity contribution in [2.45, 2.75) is 32.7 Å². The maximum absolute atomic E-state index is 13.2. The number of nitrogens with zero attached hydrogens (tertiary/aromatic N) is 3. The Morgan fingerprint density at radius 1 is 1.26 bits per heavy atom. The highest BCUT2D eigenvalue weighted by atomic mass is 19.1. The highest BCUT2D eigenvalue weighted by Crippen LogP contribution is 2.18. The lowest BCUT2D eigenvalue weighted by molar-refractivity contribution is -0.00923. The number of hydrogen-bond acceptors (Lipinski definition) is 4. The normalized spacial score (nSPS) is 15.7. The third-order valence-corrected chi connectivity index (χ3v) is 5.07. The van der Waals surface area contributed by atoms with Crippen LogP contribution in [0.15, 0.2) is 30.5 Å². The average molecular weight is 374 g/mol. The third kappa shape index (κ3) is 4.36. The quantitative estimate of drug-likeness (QED) is 0.844. The summed E-state index contributed by atoms with van der Waals surface area (Å²) in [4.78, 5) is 15.1. The number of ether oxygens (including phenoxy) is 1. The fourth-order valence-electron chi connectivity index (χ4n) is 3.38. The molecule has 3 rings (SSSR count). The molecule has 1 N–H and O–H groups in total. The van der Waals surface area contributed by atoms with E-state index in [1.54, 1.807) is 23.0 Å². The van der Waals surface area contributed by atoms with E-state index in [1.165, 1.54) is 12.1 Å². The second-order valence-corrected chi connectivity index (χ2v) is 7.34. The van der Waals surface area contributed by atoms with E-state index in [1.807, 2.05) is 6.92 Å². The lowest BCUT2D eigenvalue weighted by Gasteiger charge is -2.40. The summed E-state index contributed by atoms with van der Waals surface area (Å²) in [6.45, 7) is 9.95. The van der Waals surface area contributed by atoms with E-state index in [0.29, 0.717) is 18.5 Å². The van der Waals surface area contributed by atoms with E-state index in [2.05, 4.69) is 29.2 Å². The summed E-state index contributed by atoms with van der Waals surface area (Å²) in [5, 5.41) is 7.40. The van der Waals surface area contributed by atoms with Gasteiger partial charge in [0.1, 0.15) is 5.82 Å². The zero-order valence-corrected chi connectivity index (χ0v) is 16.2. The standard InChI is InChI=1S/C20H27FN4O2/c1-4-18-17(13-23-25(18)16-7-5-15(21)6-8-16)19(26)22-14-20(2,3)24-9-11-27-12-10-24/h5-8,13H,4,9-12,14H2,1-3H3,(H,22,26). The summed E-state index contributed by atoms with van der Waals surface area (Å²) in [6.07, 6.45) is 2.23. The number of morpholine rings is 1. The summed E-state index contributed by atoms with van der Waals surface area (Å²) in [7, 11) is 0. The molecule has 7 heteroatoms. The van der Waals surface area contributed by atoms with Crippen molar-refractivity contribution >= 4 is 5.91 Å². The fourth-order valence-corrected chi connectivity index (χ4v) is 3.38. The van der Waals surface area contributed by atoms with Crippen LogP contribution in [0.2, 0.25) is 0 Å². The molecule has 0 unspecified atom stereocenters. The zero-order chi connectivity index (χ0) is 19.4. The van der Waals surface area contributed by atoms with E-state index in [-0.39, 0.29) is 17.3 Å². The van der Waals surface area contributed by atoms with Gasteiger partial charge in [0.15, 0.2) is 0 Å². The molecule has 0 aliphatic carbocycles. The molecule has 1 fully saturated rings. The van der Waals surface area contributed by atoms with E-state index in [9.17, 15) is 9.18 Å². The number of halogens is 1. The second-order valence-electron chi connectivity index (χ2n) is 7.34. The third-order valence-electron chi connectivity index (χ3n) is 5.07. The number of hydrogen-bond donors (Lipinski definition) is 1. The first-order chi connectivity index (χ1) is 12.9. The number of amides is 1. The van der Waals surface area contributed by atoms with Gasteiger partial charge in [-0.1, -0.05) is 6.92 Å². The highest BCUT2D eigenvalue weighted by molar-refractivity contribution is 5.95. The predicted octanol–water partition coefficient (Wildman–Crippen LogP) is 2.41. The summed E-state index contributed by atoms with van der Waals surface area (Å²) >= 11 is 0. The van der Waals surface area contributed by atoms with Crippen LogP contribution in [0.25, 0.3) is 5.69 Å². The van der Waals surface area contributed by atoms with Gasteiger partial charge in [-0.2, -0.15) is 5.10 Å². The van der Waals surface area contributed by atoms with Crippen molar-refractivity contribution in [1.29, 1.82) is 0 Å². The van der Waals surface area contributed by atoms with Gasteiger partial charge in [0.05, 0.1) is 36.4 Å². The molecule has 27 heavy (non-hydrogen) atoms. The van der Waals surface area contributed by atoms with Crippen LogP contribution in [0.5, 0.6) is 0 Å². The van der Waals surface area contributed by atoms with Gasteiger partial charge in [-0.15, -0.1) is 0 Å². The number of rotatable bonds is 6. The monoisotopic (exact) mass is 374 g/mol. The lowest BCUT2D eigenvalue weighted by Crippen LogP contribution is -2.55. The van der Waals surface area contributed by atoms with Crippen LogP contribution >= 0.6 is 0 Å². The minimum atomic E-state index is -0.299. The van der Waals surface area contributed by atoms with Gasteiger partial charge in [0, 0.05) is 25.2 Å². The molecule has 146 valence electrons. The Labute approximate surface area is 159 Å². The molecule has 0 saturated carbocycles. The van der Waals surface area contributed by atoms with Crippen LogP contribution < -0.4 is 5.32 Å². The Bertz CT molecular complexity index is 780. The minimum Gasteiger partial charge on any atom is -0.379 e. The molecular weight excluding hydrogens is 347 g/mol. The zero-order valence-electron chi connectivity index (χ0n) is 16.2. The number of benzene rings is 1. The Hall–Kier alpha value is -2.25. The largest absolute Gasteiger partial charge is 0.379 e. The lowest BCUT2D eigenvalue weighted by atomic mass is 10.0. The number of carbonyl (C=O) groups excluding carboxylic acids is 1. The second kappa shape index (κ2) is 8.19. The van der Waals surface area contributed by atoms with Crippen LogP contribution in [0.1, 0.15) is 36.8 Å². The van der Waals surface area contributed by atoms with Crippen LogP contribution in [0, 0.1) is 5.82 Å². The van der Waals surface area contributed by atoms with Crippen molar-refractivity contribution < 1.29 is 13.9 Å². The van der Waals surface area contributed by atoms with Gasteiger partial charge in [0.25, 0.3) is 5.91 Å². The SMILES string of the molecule is CCc1c(C(=O)NCC(C)(C)N2CCOCC2)cnn1-c1ccc(F)cc1. The molecule has 1 aliphatic heterocycles. The van der Waals surface area contributed by atoms with Crippen LogP contribution in [0.3, 0.4) is 0 Å². The Morgan fingerprint density at radius 3 is 2.56 bits per heavy atom. The topological polar surface area (TPSA) is 59.4 Å². The summed E-state index contributed by atoms with van der Waals surface area (Å²) in [5.74, 6) is -0.436. The Kier molecular flexibility index (Phi) is 5.92. The molecule has 1 aromatic carbocycles. The highest BCUT2D eigenvalue weighted by Gasteiger charge is 2.29. The molecule has 0 atom stereocenters. The molecule has 1 amide bonds. The molecule has 0 spiro atoms. The average Bonchev–Trinajstić information content (AvgIpc) is 3.11. The maximum Gasteiger partial charge on any atom is 0.254 e. The van der Waals surface area contributed by atoms with Crippen molar-refractivity contribution in [3.05, 3.63) is 47.5 Å². The molecule has 1 saturated heterocycles. The first-order valence-electron chi connectivity index (χ1n) is 9.36. The summed E-state index contributed by atoms with van der Waals surface area (Å²) in [5.41, 5.74) is 1.95. The van der Waals surface area contributed by atoms with Crippen LogP contribution in [0.4, 0.5) is 4.39 Å². The Balaban J connectivity index is 1.72. The van der Waals surface area contributed by atoms with Crippen molar-refractivity contribution in [2.75, 3.05) is 32.8 Å². The molecule has 1 aromatic heterocycles. The fraction of sp³-hybridized carbons (Fsp3) is 0.500. The molecular formula is C20H27FN4O2. The minimum absolute atomic E-state index is 0.137. The van der Waals surface area contributed by atoms with Crippen molar-refractivity contribution in [1.82, 2.24) is 20.0 Å². The van der Waals surface area contributed by atoms with Gasteiger partial charge in [-0.25, -0.2) is 9.07 Å². The molecule has 2 heterocycles. The first-order valence-corrected chi connectivity index (χ1v) is 9.36. The van der Waals surface area contributed by atoms with E-state index < -0.39 is 0 Å². The number of carbonyl (C=O) groups is 1. The molecule has 0 radical (unpaired) electrons. The van der Waals surface area contributed by atoms with E-state index in [4.69, 9.17) is 4.74 Å². The van der Waals surface area contributed by atoms with Crippen molar-refractivity contribution in [2.24, 2.45) is 0 Å².